The molecule has 0 aliphatic rings. The molecular weight excluding hydrogens is 377 g/mol. The molecule has 0 bridgehead atoms. The fraction of sp³-hybridized carbons (Fsp3) is 0.176. The van der Waals surface area contributed by atoms with Crippen LogP contribution in [0.25, 0.3) is 5.69 Å². The van der Waals surface area contributed by atoms with Crippen molar-refractivity contribution in [2.45, 2.75) is 24.3 Å². The Bertz CT molecular complexity index is 948. The number of carbonyl (C=O) groups is 1. The zero-order chi connectivity index (χ0) is 18.7. The molecule has 134 valence electrons. The molecule has 9 heteroatoms. The molecule has 0 saturated carbocycles. The lowest BCUT2D eigenvalue weighted by Crippen LogP contribution is -2.23. The topological polar surface area (TPSA) is 72.7 Å². The lowest BCUT2D eigenvalue weighted by molar-refractivity contribution is -0.115. The highest BCUT2D eigenvalue weighted by molar-refractivity contribution is 8.00. The number of aromatic nitrogens is 4. The predicted octanol–water partition coefficient (Wildman–Crippen LogP) is 3.88. The van der Waals surface area contributed by atoms with E-state index < -0.39 is 11.1 Å². The summed E-state index contributed by atoms with van der Waals surface area (Å²) in [5.41, 5.74) is 1.93. The zero-order valence-corrected chi connectivity index (χ0v) is 15.6. The first kappa shape index (κ1) is 18.3. The minimum Gasteiger partial charge on any atom is -0.325 e. The molecule has 0 aliphatic heterocycles. The van der Waals surface area contributed by atoms with Gasteiger partial charge < -0.3 is 5.32 Å². The number of rotatable bonds is 5. The largest absolute Gasteiger partial charge is 0.325 e. The van der Waals surface area contributed by atoms with Crippen LogP contribution in [0.15, 0.2) is 47.6 Å². The summed E-state index contributed by atoms with van der Waals surface area (Å²) in [6, 6.07) is 11.2. The second-order valence-electron chi connectivity index (χ2n) is 5.51. The highest BCUT2D eigenvalue weighted by Crippen LogP contribution is 2.26. The summed E-state index contributed by atoms with van der Waals surface area (Å²) in [7, 11) is 0. The number of thioether (sulfide) groups is 1. The summed E-state index contributed by atoms with van der Waals surface area (Å²) < 4.78 is 14.8. The first-order valence-electron chi connectivity index (χ1n) is 7.72. The van der Waals surface area contributed by atoms with E-state index in [1.165, 1.54) is 28.6 Å². The van der Waals surface area contributed by atoms with E-state index in [-0.39, 0.29) is 5.91 Å². The van der Waals surface area contributed by atoms with Gasteiger partial charge in [0.1, 0.15) is 5.82 Å². The molecule has 6 nitrogen and oxygen atoms in total. The Morgan fingerprint density at radius 2 is 2.08 bits per heavy atom. The maximum Gasteiger partial charge on any atom is 0.237 e. The molecule has 1 atom stereocenters. The van der Waals surface area contributed by atoms with Crippen LogP contribution >= 0.6 is 23.4 Å². The fourth-order valence-corrected chi connectivity index (χ4v) is 3.19. The summed E-state index contributed by atoms with van der Waals surface area (Å²) in [6.07, 6.45) is 0. The van der Waals surface area contributed by atoms with Gasteiger partial charge >= 0.3 is 0 Å². The Morgan fingerprint density at radius 1 is 1.31 bits per heavy atom. The molecule has 1 heterocycles. The monoisotopic (exact) mass is 391 g/mol. The van der Waals surface area contributed by atoms with E-state index in [1.54, 1.807) is 37.3 Å². The van der Waals surface area contributed by atoms with Crippen LogP contribution in [0.1, 0.15) is 12.5 Å². The van der Waals surface area contributed by atoms with Crippen LogP contribution in [0, 0.1) is 12.7 Å². The van der Waals surface area contributed by atoms with Crippen molar-refractivity contribution >= 4 is 35.0 Å². The molecule has 1 N–H and O–H groups in total. The van der Waals surface area contributed by atoms with Crippen molar-refractivity contribution in [2.24, 2.45) is 0 Å². The quantitative estimate of drug-likeness (QED) is 0.668. The van der Waals surface area contributed by atoms with Crippen LogP contribution < -0.4 is 5.32 Å². The van der Waals surface area contributed by atoms with Crippen LogP contribution in [0.5, 0.6) is 0 Å². The van der Waals surface area contributed by atoms with Gasteiger partial charge in [0.05, 0.1) is 10.9 Å². The maximum absolute atomic E-state index is 13.4. The summed E-state index contributed by atoms with van der Waals surface area (Å²) in [5, 5.41) is 14.8. The van der Waals surface area contributed by atoms with Crippen molar-refractivity contribution in [3.05, 3.63) is 58.9 Å². The van der Waals surface area contributed by atoms with Crippen LogP contribution in [0.4, 0.5) is 10.1 Å². The molecular formula is C17H15ClFN5OS. The standard InChI is InChI=1S/C17H15ClFN5OS/c1-10-14(18)7-4-8-15(10)20-16(25)11(2)26-17-21-22-23-24(17)13-6-3-5-12(19)9-13/h3-9,11H,1-2H3,(H,20,25). The zero-order valence-electron chi connectivity index (χ0n) is 14.0. The molecule has 0 aliphatic carbocycles. The number of anilines is 1. The summed E-state index contributed by atoms with van der Waals surface area (Å²) >= 11 is 7.25. The van der Waals surface area contributed by atoms with Crippen LogP contribution in [0.3, 0.4) is 0 Å². The normalized spacial score (nSPS) is 12.0. The molecule has 2 aromatic carbocycles. The van der Waals surface area contributed by atoms with Crippen molar-refractivity contribution in [3.8, 4) is 5.69 Å². The van der Waals surface area contributed by atoms with E-state index in [0.29, 0.717) is 21.6 Å². The van der Waals surface area contributed by atoms with Crippen LogP contribution in [-0.4, -0.2) is 31.4 Å². The number of benzene rings is 2. The van der Waals surface area contributed by atoms with Gasteiger partial charge in [-0.2, -0.15) is 4.68 Å². The Balaban J connectivity index is 1.74. The summed E-state index contributed by atoms with van der Waals surface area (Å²) in [4.78, 5) is 12.5. The first-order valence-corrected chi connectivity index (χ1v) is 8.98. The lowest BCUT2D eigenvalue weighted by atomic mass is 10.2. The van der Waals surface area contributed by atoms with Gasteiger partial charge in [-0.25, -0.2) is 4.39 Å². The van der Waals surface area contributed by atoms with E-state index in [1.807, 2.05) is 6.92 Å². The Labute approximate surface area is 158 Å². The number of nitrogens with zero attached hydrogens (tertiary/aromatic N) is 4. The SMILES string of the molecule is Cc1c(Cl)cccc1NC(=O)C(C)Sc1nnnn1-c1cccc(F)c1. The molecule has 26 heavy (non-hydrogen) atoms. The van der Waals surface area contributed by atoms with Gasteiger partial charge in [-0.15, -0.1) is 5.10 Å². The van der Waals surface area contributed by atoms with Gasteiger partial charge in [0.25, 0.3) is 0 Å². The first-order chi connectivity index (χ1) is 12.5. The molecule has 0 fully saturated rings. The third-order valence-corrected chi connectivity index (χ3v) is 5.11. The summed E-state index contributed by atoms with van der Waals surface area (Å²) in [5.74, 6) is -0.606. The molecule has 3 aromatic rings. The molecule has 0 saturated heterocycles. The smallest absolute Gasteiger partial charge is 0.237 e. The van der Waals surface area contributed by atoms with Crippen molar-refractivity contribution in [2.75, 3.05) is 5.32 Å². The van der Waals surface area contributed by atoms with E-state index in [9.17, 15) is 9.18 Å². The number of nitrogens with one attached hydrogen (secondary N) is 1. The van der Waals surface area contributed by atoms with Gasteiger partial charge in [0, 0.05) is 10.7 Å². The van der Waals surface area contributed by atoms with Gasteiger partial charge in [-0.1, -0.05) is 35.5 Å². The van der Waals surface area contributed by atoms with Crippen LogP contribution in [0.2, 0.25) is 5.02 Å². The average molecular weight is 392 g/mol. The van der Waals surface area contributed by atoms with Crippen molar-refractivity contribution in [1.29, 1.82) is 0 Å². The third-order valence-electron chi connectivity index (χ3n) is 3.67. The Kier molecular flexibility index (Phi) is 5.53. The van der Waals surface area contributed by atoms with Gasteiger partial charge in [0.15, 0.2) is 0 Å². The number of halogens is 2. The molecule has 3 rings (SSSR count). The van der Waals surface area contributed by atoms with Gasteiger partial charge in [-0.3, -0.25) is 4.79 Å². The highest BCUT2D eigenvalue weighted by Gasteiger charge is 2.20. The number of carbonyl (C=O) groups excluding carboxylic acids is 1. The predicted molar refractivity (Wildman–Crippen MR) is 99.2 cm³/mol. The minimum absolute atomic E-state index is 0.214. The third kappa shape index (κ3) is 4.03. The summed E-state index contributed by atoms with van der Waals surface area (Å²) in [6.45, 7) is 3.57. The number of tetrazole rings is 1. The van der Waals surface area contributed by atoms with Crippen LogP contribution in [-0.2, 0) is 4.79 Å². The molecule has 0 spiro atoms. The van der Waals surface area contributed by atoms with E-state index in [0.717, 1.165) is 5.56 Å². The second-order valence-corrected chi connectivity index (χ2v) is 7.23. The molecule has 1 aromatic heterocycles. The highest BCUT2D eigenvalue weighted by atomic mass is 35.5. The molecule has 1 amide bonds. The van der Waals surface area contributed by atoms with Crippen molar-refractivity contribution in [3.63, 3.8) is 0 Å². The van der Waals surface area contributed by atoms with Crippen molar-refractivity contribution in [1.82, 2.24) is 20.2 Å². The molecule has 0 radical (unpaired) electrons. The van der Waals surface area contributed by atoms with Crippen molar-refractivity contribution < 1.29 is 9.18 Å². The number of hydrogen-bond acceptors (Lipinski definition) is 5. The Morgan fingerprint density at radius 3 is 2.85 bits per heavy atom. The lowest BCUT2D eigenvalue weighted by Gasteiger charge is -2.13. The minimum atomic E-state index is -0.480. The maximum atomic E-state index is 13.4. The fourth-order valence-electron chi connectivity index (χ4n) is 2.21. The number of hydrogen-bond donors (Lipinski definition) is 1. The Hall–Kier alpha value is -2.45. The number of amides is 1. The van der Waals surface area contributed by atoms with E-state index in [4.69, 9.17) is 11.6 Å². The second kappa shape index (κ2) is 7.84. The van der Waals surface area contributed by atoms with E-state index in [2.05, 4.69) is 20.8 Å². The van der Waals surface area contributed by atoms with Gasteiger partial charge in [0.2, 0.25) is 11.1 Å². The van der Waals surface area contributed by atoms with Gasteiger partial charge in [-0.05, 0) is 60.2 Å². The average Bonchev–Trinajstić information content (AvgIpc) is 3.07. The molecule has 1 unspecified atom stereocenters. The van der Waals surface area contributed by atoms with E-state index >= 15 is 0 Å².